The van der Waals surface area contributed by atoms with Gasteiger partial charge in [-0.1, -0.05) is 4.13 Å². The van der Waals surface area contributed by atoms with Crippen LogP contribution >= 0.6 is 0 Å². The fourth-order valence-corrected chi connectivity index (χ4v) is 9.23. The lowest BCUT2D eigenvalue weighted by Gasteiger charge is -2.56. The molecule has 2 N–H and O–H groups in total. The van der Waals surface area contributed by atoms with Gasteiger partial charge in [0, 0.05) is 5.54 Å². The van der Waals surface area contributed by atoms with Gasteiger partial charge >= 0.3 is 32.0 Å². The van der Waals surface area contributed by atoms with Crippen LogP contribution in [0.5, 0.6) is 0 Å². The number of halogens is 9. The molecule has 4 rings (SSSR count). The van der Waals surface area contributed by atoms with Gasteiger partial charge in [-0.05, 0) is 56.3 Å². The predicted molar refractivity (Wildman–Crippen MR) is 94.8 cm³/mol. The molecule has 0 aromatic heterocycles. The first-order chi connectivity index (χ1) is 14.9. The van der Waals surface area contributed by atoms with E-state index in [1.165, 1.54) is 4.72 Å². The van der Waals surface area contributed by atoms with E-state index in [2.05, 4.69) is 0 Å². The Kier molecular flexibility index (Phi) is 6.18. The summed E-state index contributed by atoms with van der Waals surface area (Å²) in [7, 11) is -21.8. The Balaban J connectivity index is 1.94. The third-order valence-electron chi connectivity index (χ3n) is 6.32. The normalized spacial score (nSPS) is 31.1. The lowest BCUT2D eigenvalue weighted by Crippen LogP contribution is -2.68. The summed E-state index contributed by atoms with van der Waals surface area (Å²) in [6.07, 6.45) is 1.72. The average Bonchev–Trinajstić information content (AvgIpc) is 2.56. The third-order valence-corrected chi connectivity index (χ3v) is 11.2. The Hall–Kier alpha value is -0.860. The summed E-state index contributed by atoms with van der Waals surface area (Å²) in [6.45, 7) is 0. The molecule has 8 nitrogen and oxygen atoms in total. The molecule has 4 aliphatic carbocycles. The van der Waals surface area contributed by atoms with Crippen molar-refractivity contribution in [2.75, 3.05) is 0 Å². The highest BCUT2D eigenvalue weighted by atomic mass is 32.3. The maximum atomic E-state index is 14.4. The van der Waals surface area contributed by atoms with E-state index in [4.69, 9.17) is 0 Å². The monoisotopic (exact) mass is 576 g/mol. The Morgan fingerprint density at radius 3 is 1.29 bits per heavy atom. The molecule has 0 spiro atoms. The second-order valence-corrected chi connectivity index (χ2v) is 14.3. The Morgan fingerprint density at radius 2 is 0.941 bits per heavy atom. The van der Waals surface area contributed by atoms with Crippen molar-refractivity contribution in [3.05, 3.63) is 0 Å². The molecule has 200 valence electrons. The molecule has 4 aliphatic rings. The van der Waals surface area contributed by atoms with Crippen LogP contribution in [0.4, 0.5) is 39.5 Å². The van der Waals surface area contributed by atoms with E-state index in [9.17, 15) is 64.8 Å². The van der Waals surface area contributed by atoms with Crippen molar-refractivity contribution >= 4 is 30.1 Å². The zero-order valence-corrected chi connectivity index (χ0v) is 19.0. The van der Waals surface area contributed by atoms with E-state index in [0.29, 0.717) is 19.3 Å². The summed E-state index contributed by atoms with van der Waals surface area (Å²) in [4.78, 5) is 0. The molecule has 0 radical (unpaired) electrons. The zero-order valence-electron chi connectivity index (χ0n) is 16.6. The molecule has 0 aromatic carbocycles. The molecule has 0 aliphatic heterocycles. The second-order valence-electron chi connectivity index (χ2n) is 8.95. The first-order valence-electron chi connectivity index (χ1n) is 9.41. The van der Waals surface area contributed by atoms with Crippen molar-refractivity contribution < 1.29 is 64.8 Å². The summed E-state index contributed by atoms with van der Waals surface area (Å²) in [5.74, 6) is -7.81. The second kappa shape index (κ2) is 7.58. The van der Waals surface area contributed by atoms with Crippen molar-refractivity contribution in [2.45, 2.75) is 66.0 Å². The molecule has 4 saturated carbocycles. The van der Waals surface area contributed by atoms with Crippen LogP contribution in [-0.4, -0.2) is 52.7 Å². The smallest absolute Gasteiger partial charge is 0.206 e. The first-order valence-corrected chi connectivity index (χ1v) is 13.9. The number of nitrogens with one attached hydrogen (secondary N) is 2. The van der Waals surface area contributed by atoms with Crippen LogP contribution in [0, 0.1) is 17.8 Å². The van der Waals surface area contributed by atoms with Crippen LogP contribution in [0.25, 0.3) is 0 Å². The van der Waals surface area contributed by atoms with Gasteiger partial charge in [-0.2, -0.15) is 39.5 Å². The van der Waals surface area contributed by atoms with Gasteiger partial charge in [-0.25, -0.2) is 30.0 Å². The SMILES string of the molecule is O=S(=O)(NS(=O)(=O)C(F)(F)C(F)(F)C(F)(F)S(=O)(=O)NC12CC3CC(CC(C3)C1)C2)C(F)(F)F. The van der Waals surface area contributed by atoms with Gasteiger partial charge in [0.1, 0.15) is 0 Å². The van der Waals surface area contributed by atoms with Crippen molar-refractivity contribution in [1.82, 2.24) is 8.85 Å². The highest BCUT2D eigenvalue weighted by molar-refractivity contribution is 8.05. The number of rotatable bonds is 8. The quantitative estimate of drug-likeness (QED) is 0.428. The van der Waals surface area contributed by atoms with Gasteiger partial charge < -0.3 is 0 Å². The van der Waals surface area contributed by atoms with Gasteiger partial charge in [0.15, 0.2) is 0 Å². The molecule has 20 heteroatoms. The summed E-state index contributed by atoms with van der Waals surface area (Å²) in [5.41, 5.74) is -8.28. The highest BCUT2D eigenvalue weighted by Crippen LogP contribution is 2.57. The van der Waals surface area contributed by atoms with Crippen molar-refractivity contribution in [2.24, 2.45) is 17.8 Å². The molecule has 0 aromatic rings. The fourth-order valence-electron chi connectivity index (χ4n) is 5.34. The number of alkyl halides is 9. The van der Waals surface area contributed by atoms with Gasteiger partial charge in [0.25, 0.3) is 20.0 Å². The zero-order chi connectivity index (χ0) is 26.4. The lowest BCUT2D eigenvalue weighted by atomic mass is 9.53. The third kappa shape index (κ3) is 4.09. The van der Waals surface area contributed by atoms with Crippen LogP contribution < -0.4 is 8.85 Å². The molecule has 0 saturated heterocycles. The first kappa shape index (κ1) is 27.7. The van der Waals surface area contributed by atoms with Gasteiger partial charge in [-0.3, -0.25) is 0 Å². The van der Waals surface area contributed by atoms with Crippen molar-refractivity contribution in [3.8, 4) is 0 Å². The average molecular weight is 576 g/mol. The van der Waals surface area contributed by atoms with Crippen molar-refractivity contribution in [3.63, 3.8) is 0 Å². The van der Waals surface area contributed by atoms with Gasteiger partial charge in [0.05, 0.1) is 0 Å². The molecular formula is C14H17F9N2O6S3. The maximum absolute atomic E-state index is 14.4. The minimum atomic E-state index is -7.77. The molecule has 4 bridgehead atoms. The summed E-state index contributed by atoms with van der Waals surface area (Å²) < 4.78 is 191. The van der Waals surface area contributed by atoms with E-state index >= 15 is 0 Å². The van der Waals surface area contributed by atoms with Crippen molar-refractivity contribution in [1.29, 1.82) is 0 Å². The predicted octanol–water partition coefficient (Wildman–Crippen LogP) is 2.46. The van der Waals surface area contributed by atoms with E-state index < -0.39 is 61.7 Å². The molecule has 4 fully saturated rings. The van der Waals surface area contributed by atoms with Crippen LogP contribution in [0.15, 0.2) is 0 Å². The number of hydrogen-bond acceptors (Lipinski definition) is 6. The maximum Gasteiger partial charge on any atom is 0.512 e. The van der Waals surface area contributed by atoms with Gasteiger partial charge in [-0.15, -0.1) is 0 Å². The topological polar surface area (TPSA) is 126 Å². The van der Waals surface area contributed by atoms with E-state index in [0.717, 1.165) is 0 Å². The summed E-state index contributed by atoms with van der Waals surface area (Å²) in [5, 5.41) is -14.2. The van der Waals surface area contributed by atoms with Gasteiger partial charge in [0.2, 0.25) is 0 Å². The van der Waals surface area contributed by atoms with Crippen LogP contribution in [-0.2, 0) is 30.1 Å². The molecule has 34 heavy (non-hydrogen) atoms. The standard InChI is InChI=1S/C14H17F9N2O6S3/c15-11(16,13(19,20)33(28,29)25-34(30,31)14(21,22)23)12(17,18)32(26,27)24-10-4-7-1-8(5-10)3-9(2-7)6-10/h7-9,24-25H,1-6H2. The molecule has 0 amide bonds. The lowest BCUT2D eigenvalue weighted by molar-refractivity contribution is -0.244. The van der Waals surface area contributed by atoms with E-state index in [-0.39, 0.29) is 37.0 Å². The summed E-state index contributed by atoms with van der Waals surface area (Å²) >= 11 is 0. The van der Waals surface area contributed by atoms with Crippen LogP contribution in [0.3, 0.4) is 0 Å². The number of hydrogen-bond donors (Lipinski definition) is 2. The molecular weight excluding hydrogens is 559 g/mol. The minimum Gasteiger partial charge on any atom is -0.206 e. The fraction of sp³-hybridized carbons (Fsp3) is 1.00. The van der Waals surface area contributed by atoms with E-state index in [1.807, 2.05) is 0 Å². The Labute approximate surface area is 187 Å². The Bertz CT molecular complexity index is 1130. The minimum absolute atomic E-state index is 0.0546. The van der Waals surface area contributed by atoms with E-state index in [1.54, 1.807) is 0 Å². The summed E-state index contributed by atoms with van der Waals surface area (Å²) in [6, 6.07) is 0. The Morgan fingerprint density at radius 1 is 0.588 bits per heavy atom. The van der Waals surface area contributed by atoms with Crippen LogP contribution in [0.2, 0.25) is 0 Å². The van der Waals surface area contributed by atoms with Crippen LogP contribution in [0.1, 0.15) is 38.5 Å². The highest BCUT2D eigenvalue weighted by Gasteiger charge is 2.83. The molecule has 0 heterocycles. The molecule has 0 unspecified atom stereocenters. The number of sulfonamides is 3. The molecule has 0 atom stereocenters. The largest absolute Gasteiger partial charge is 0.512 e.